The highest BCUT2D eigenvalue weighted by Crippen LogP contribution is 2.28. The summed E-state index contributed by atoms with van der Waals surface area (Å²) in [5.41, 5.74) is 0. The Bertz CT molecular complexity index is 368. The Labute approximate surface area is 126 Å². The van der Waals surface area contributed by atoms with E-state index in [-0.39, 0.29) is 0 Å². The Balaban J connectivity index is 2.06. The van der Waals surface area contributed by atoms with Crippen LogP contribution in [0, 0.1) is 0 Å². The number of aliphatic hydroxyl groups excluding tert-OH is 7. The standard InChI is InChI=1S/C12H22O10/c1-3-5(14)7(16)9(18)12(20-3)22-10-8(17)6(15)4(2-13)21-11(10)19/h3-19H,2H2,1H3/t3-,4+,5+,6+,7+,8-,9-,10+,11+,12+/m1/s1. The molecule has 2 rings (SSSR count). The predicted octanol–water partition coefficient (Wildman–Crippen LogP) is -4.37. The van der Waals surface area contributed by atoms with Crippen LogP contribution < -0.4 is 0 Å². The van der Waals surface area contributed by atoms with Gasteiger partial charge in [0.25, 0.3) is 0 Å². The Morgan fingerprint density at radius 1 is 0.818 bits per heavy atom. The summed E-state index contributed by atoms with van der Waals surface area (Å²) in [4.78, 5) is 0. The fraction of sp³-hybridized carbons (Fsp3) is 1.00. The zero-order valence-corrected chi connectivity index (χ0v) is 11.8. The Morgan fingerprint density at radius 2 is 1.45 bits per heavy atom. The van der Waals surface area contributed by atoms with E-state index in [0.29, 0.717) is 0 Å². The molecule has 2 aliphatic heterocycles. The zero-order chi connectivity index (χ0) is 16.6. The van der Waals surface area contributed by atoms with E-state index in [0.717, 1.165) is 0 Å². The van der Waals surface area contributed by atoms with Gasteiger partial charge in [-0.2, -0.15) is 0 Å². The number of rotatable bonds is 3. The smallest absolute Gasteiger partial charge is 0.187 e. The average Bonchev–Trinajstić information content (AvgIpc) is 2.49. The molecule has 10 nitrogen and oxygen atoms in total. The number of hydrogen-bond donors (Lipinski definition) is 7. The molecule has 130 valence electrons. The lowest BCUT2D eigenvalue weighted by molar-refractivity contribution is -0.358. The van der Waals surface area contributed by atoms with Gasteiger partial charge in [-0.25, -0.2) is 0 Å². The van der Waals surface area contributed by atoms with Crippen LogP contribution in [0.3, 0.4) is 0 Å². The van der Waals surface area contributed by atoms with Gasteiger partial charge in [0.15, 0.2) is 12.6 Å². The van der Waals surface area contributed by atoms with Crippen molar-refractivity contribution < 1.29 is 50.0 Å². The monoisotopic (exact) mass is 326 g/mol. The van der Waals surface area contributed by atoms with Crippen molar-refractivity contribution in [3.05, 3.63) is 0 Å². The van der Waals surface area contributed by atoms with Crippen LogP contribution in [0.2, 0.25) is 0 Å². The molecule has 22 heavy (non-hydrogen) atoms. The highest BCUT2D eigenvalue weighted by atomic mass is 16.7. The third kappa shape index (κ3) is 3.26. The highest BCUT2D eigenvalue weighted by molar-refractivity contribution is 4.92. The first-order chi connectivity index (χ1) is 10.3. The molecule has 0 aromatic carbocycles. The third-order valence-electron chi connectivity index (χ3n) is 3.94. The number of aliphatic hydroxyl groups is 7. The molecule has 0 saturated carbocycles. The molecule has 0 amide bonds. The molecular formula is C12H22O10. The van der Waals surface area contributed by atoms with Gasteiger partial charge in [0.2, 0.25) is 0 Å². The van der Waals surface area contributed by atoms with Gasteiger partial charge in [0.1, 0.15) is 42.7 Å². The summed E-state index contributed by atoms with van der Waals surface area (Å²) >= 11 is 0. The van der Waals surface area contributed by atoms with Crippen LogP contribution in [0.5, 0.6) is 0 Å². The molecule has 0 aliphatic carbocycles. The summed E-state index contributed by atoms with van der Waals surface area (Å²) in [6, 6.07) is 0. The molecule has 2 aliphatic rings. The molecule has 10 atom stereocenters. The summed E-state index contributed by atoms with van der Waals surface area (Å²) in [6.45, 7) is 0.823. The van der Waals surface area contributed by atoms with E-state index in [2.05, 4.69) is 0 Å². The summed E-state index contributed by atoms with van der Waals surface area (Å²) in [6.07, 6.45) is -14.3. The van der Waals surface area contributed by atoms with Crippen molar-refractivity contribution in [1.82, 2.24) is 0 Å². The summed E-state index contributed by atoms with van der Waals surface area (Å²) in [5.74, 6) is 0. The third-order valence-corrected chi connectivity index (χ3v) is 3.94. The summed E-state index contributed by atoms with van der Waals surface area (Å²) in [5, 5.41) is 67.5. The zero-order valence-electron chi connectivity index (χ0n) is 11.8. The molecule has 0 aromatic heterocycles. The van der Waals surface area contributed by atoms with Gasteiger partial charge in [-0.05, 0) is 6.92 Å². The van der Waals surface area contributed by atoms with Gasteiger partial charge in [-0.3, -0.25) is 0 Å². The van der Waals surface area contributed by atoms with Crippen molar-refractivity contribution in [2.45, 2.75) is 68.3 Å². The van der Waals surface area contributed by atoms with Crippen LogP contribution >= 0.6 is 0 Å². The second-order valence-corrected chi connectivity index (χ2v) is 5.51. The van der Waals surface area contributed by atoms with Gasteiger partial charge >= 0.3 is 0 Å². The Kier molecular flexibility index (Phi) is 5.72. The van der Waals surface area contributed by atoms with Crippen molar-refractivity contribution >= 4 is 0 Å². The maximum atomic E-state index is 9.93. The van der Waals surface area contributed by atoms with Crippen molar-refractivity contribution in [3.8, 4) is 0 Å². The lowest BCUT2D eigenvalue weighted by Gasteiger charge is -2.44. The molecule has 2 fully saturated rings. The molecule has 10 heteroatoms. The normalized spacial score (nSPS) is 53.5. The van der Waals surface area contributed by atoms with Crippen LogP contribution in [0.15, 0.2) is 0 Å². The van der Waals surface area contributed by atoms with Crippen molar-refractivity contribution in [1.29, 1.82) is 0 Å². The van der Waals surface area contributed by atoms with Crippen LogP contribution in [-0.2, 0) is 14.2 Å². The van der Waals surface area contributed by atoms with E-state index in [1.807, 2.05) is 0 Å². The van der Waals surface area contributed by atoms with E-state index < -0.39 is 68.0 Å². The van der Waals surface area contributed by atoms with E-state index in [1.165, 1.54) is 6.92 Å². The first-order valence-corrected chi connectivity index (χ1v) is 6.93. The average molecular weight is 326 g/mol. The van der Waals surface area contributed by atoms with E-state index in [1.54, 1.807) is 0 Å². The van der Waals surface area contributed by atoms with Gasteiger partial charge in [-0.15, -0.1) is 0 Å². The van der Waals surface area contributed by atoms with E-state index in [9.17, 15) is 30.6 Å². The number of hydrogen-bond acceptors (Lipinski definition) is 10. The van der Waals surface area contributed by atoms with Crippen LogP contribution in [-0.4, -0.2) is 104 Å². The van der Waals surface area contributed by atoms with Crippen LogP contribution in [0.4, 0.5) is 0 Å². The second kappa shape index (κ2) is 7.01. The quantitative estimate of drug-likeness (QED) is 0.269. The van der Waals surface area contributed by atoms with Gasteiger partial charge in [0.05, 0.1) is 12.7 Å². The minimum absolute atomic E-state index is 0.619. The lowest BCUT2D eigenvalue weighted by Crippen LogP contribution is -2.63. The summed E-state index contributed by atoms with van der Waals surface area (Å²) < 4.78 is 15.3. The van der Waals surface area contributed by atoms with E-state index in [4.69, 9.17) is 19.3 Å². The van der Waals surface area contributed by atoms with Crippen molar-refractivity contribution in [2.75, 3.05) is 6.61 Å². The fourth-order valence-corrected chi connectivity index (χ4v) is 2.50. The van der Waals surface area contributed by atoms with Crippen LogP contribution in [0.1, 0.15) is 6.92 Å². The lowest BCUT2D eigenvalue weighted by atomic mass is 9.97. The van der Waals surface area contributed by atoms with E-state index >= 15 is 0 Å². The largest absolute Gasteiger partial charge is 0.394 e. The molecular weight excluding hydrogens is 304 g/mol. The minimum atomic E-state index is -1.69. The Hall–Kier alpha value is -0.400. The fourth-order valence-electron chi connectivity index (χ4n) is 2.50. The molecule has 0 aromatic rings. The second-order valence-electron chi connectivity index (χ2n) is 5.51. The van der Waals surface area contributed by atoms with Gasteiger partial charge in [-0.1, -0.05) is 0 Å². The SMILES string of the molecule is C[C@H]1O[C@@H](O[C@H]2[C@H](O)[C@@H](O)[C@H](CO)O[C@@H]2O)[C@H](O)[C@@H](O)[C@H]1O. The van der Waals surface area contributed by atoms with Crippen LogP contribution in [0.25, 0.3) is 0 Å². The van der Waals surface area contributed by atoms with Crippen molar-refractivity contribution in [2.24, 2.45) is 0 Å². The molecule has 0 unspecified atom stereocenters. The number of ether oxygens (including phenoxy) is 3. The van der Waals surface area contributed by atoms with Gasteiger partial charge < -0.3 is 50.0 Å². The molecule has 2 saturated heterocycles. The minimum Gasteiger partial charge on any atom is -0.394 e. The van der Waals surface area contributed by atoms with Gasteiger partial charge in [0, 0.05) is 0 Å². The maximum absolute atomic E-state index is 9.93. The Morgan fingerprint density at radius 3 is 2.05 bits per heavy atom. The molecule has 0 spiro atoms. The molecule has 7 N–H and O–H groups in total. The van der Waals surface area contributed by atoms with Crippen molar-refractivity contribution in [3.63, 3.8) is 0 Å². The predicted molar refractivity (Wildman–Crippen MR) is 67.2 cm³/mol. The molecule has 0 radical (unpaired) electrons. The highest BCUT2D eigenvalue weighted by Gasteiger charge is 2.49. The topological polar surface area (TPSA) is 169 Å². The molecule has 0 bridgehead atoms. The first-order valence-electron chi connectivity index (χ1n) is 6.93. The summed E-state index contributed by atoms with van der Waals surface area (Å²) in [7, 11) is 0. The maximum Gasteiger partial charge on any atom is 0.187 e. The molecule has 2 heterocycles. The first kappa shape index (κ1) is 17.9.